The van der Waals surface area contributed by atoms with Crippen molar-refractivity contribution in [1.29, 1.82) is 0 Å². The highest BCUT2D eigenvalue weighted by atomic mass is 35.5. The molecule has 1 atom stereocenters. The smallest absolute Gasteiger partial charge is 0.129 e. The molecule has 1 unspecified atom stereocenters. The van der Waals surface area contributed by atoms with Gasteiger partial charge in [0.05, 0.1) is 11.7 Å². The van der Waals surface area contributed by atoms with Crippen molar-refractivity contribution in [1.82, 2.24) is 20.2 Å². The number of rotatable bonds is 4. The zero-order valence-corrected chi connectivity index (χ0v) is 11.1. The highest BCUT2D eigenvalue weighted by Gasteiger charge is 2.13. The Morgan fingerprint density at radius 3 is 2.78 bits per heavy atom. The Morgan fingerprint density at radius 2 is 2.28 bits per heavy atom. The van der Waals surface area contributed by atoms with Crippen LogP contribution in [0.1, 0.15) is 23.0 Å². The summed E-state index contributed by atoms with van der Waals surface area (Å²) < 4.78 is 1.86. The molecule has 2 rings (SSSR count). The number of aromatic nitrogens is 3. The monoisotopic (exact) mass is 265 g/mol. The summed E-state index contributed by atoms with van der Waals surface area (Å²) in [6.07, 6.45) is 2.48. The van der Waals surface area contributed by atoms with Crippen LogP contribution in [0, 0.1) is 6.92 Å². The summed E-state index contributed by atoms with van der Waals surface area (Å²) in [5.74, 6) is 5.61. The van der Waals surface area contributed by atoms with Gasteiger partial charge in [0.15, 0.2) is 0 Å². The molecule has 0 aliphatic rings. The van der Waals surface area contributed by atoms with Crippen molar-refractivity contribution in [2.24, 2.45) is 12.9 Å². The molecule has 0 aliphatic heterocycles. The van der Waals surface area contributed by atoms with Crippen LogP contribution in [0.4, 0.5) is 0 Å². The molecule has 0 aliphatic carbocycles. The van der Waals surface area contributed by atoms with Gasteiger partial charge in [-0.2, -0.15) is 5.10 Å². The largest absolute Gasteiger partial charge is 0.272 e. The second-order valence-corrected chi connectivity index (χ2v) is 4.63. The molecule has 3 N–H and O–H groups in total. The molecule has 0 bridgehead atoms. The van der Waals surface area contributed by atoms with E-state index in [-0.39, 0.29) is 6.04 Å². The predicted octanol–water partition coefficient (Wildman–Crippen LogP) is 1.52. The first-order valence-electron chi connectivity index (χ1n) is 5.67. The van der Waals surface area contributed by atoms with Crippen LogP contribution < -0.4 is 11.3 Å². The fraction of sp³-hybridized carbons (Fsp3) is 0.333. The van der Waals surface area contributed by atoms with Crippen LogP contribution in [-0.2, 0) is 13.5 Å². The summed E-state index contributed by atoms with van der Waals surface area (Å²) in [6, 6.07) is 5.72. The third kappa shape index (κ3) is 2.87. The second-order valence-electron chi connectivity index (χ2n) is 4.24. The number of nitrogens with two attached hydrogens (primary N) is 1. The van der Waals surface area contributed by atoms with Crippen molar-refractivity contribution >= 4 is 11.6 Å². The lowest BCUT2D eigenvalue weighted by Gasteiger charge is -2.15. The molecule has 0 aromatic carbocycles. The van der Waals surface area contributed by atoms with Gasteiger partial charge < -0.3 is 0 Å². The number of halogens is 1. The Morgan fingerprint density at radius 1 is 1.50 bits per heavy atom. The highest BCUT2D eigenvalue weighted by Crippen LogP contribution is 2.18. The van der Waals surface area contributed by atoms with Crippen LogP contribution in [0.3, 0.4) is 0 Å². The first-order valence-corrected chi connectivity index (χ1v) is 6.05. The standard InChI is InChI=1S/C12H16ClN5/c1-8-5-10(18(2)17-8)6-11(16-14)9-3-4-12(13)15-7-9/h3-5,7,11,16H,6,14H2,1-2H3. The maximum Gasteiger partial charge on any atom is 0.129 e. The third-order valence-corrected chi connectivity index (χ3v) is 3.09. The summed E-state index contributed by atoms with van der Waals surface area (Å²) in [5, 5.41) is 4.80. The molecule has 0 spiro atoms. The van der Waals surface area contributed by atoms with E-state index in [1.54, 1.807) is 12.3 Å². The van der Waals surface area contributed by atoms with Crippen LogP contribution in [0.25, 0.3) is 0 Å². The van der Waals surface area contributed by atoms with E-state index in [2.05, 4.69) is 15.5 Å². The average Bonchev–Trinajstić information content (AvgIpc) is 2.66. The van der Waals surface area contributed by atoms with Crippen LogP contribution >= 0.6 is 11.6 Å². The van der Waals surface area contributed by atoms with Crippen molar-refractivity contribution in [3.8, 4) is 0 Å². The Labute approximate surface area is 111 Å². The Balaban J connectivity index is 2.19. The zero-order chi connectivity index (χ0) is 13.1. The van der Waals surface area contributed by atoms with E-state index in [0.29, 0.717) is 5.15 Å². The van der Waals surface area contributed by atoms with Gasteiger partial charge in [-0.25, -0.2) is 4.98 Å². The quantitative estimate of drug-likeness (QED) is 0.500. The van der Waals surface area contributed by atoms with Gasteiger partial charge in [0.1, 0.15) is 5.15 Å². The fourth-order valence-electron chi connectivity index (χ4n) is 1.93. The number of aryl methyl sites for hydroxylation is 2. The number of hydrogen-bond acceptors (Lipinski definition) is 4. The molecule has 2 heterocycles. The van der Waals surface area contributed by atoms with E-state index in [0.717, 1.165) is 23.4 Å². The summed E-state index contributed by atoms with van der Waals surface area (Å²) in [4.78, 5) is 4.06. The van der Waals surface area contributed by atoms with Gasteiger partial charge in [-0.05, 0) is 24.6 Å². The first-order chi connectivity index (χ1) is 8.60. The molecule has 2 aromatic rings. The van der Waals surface area contributed by atoms with Crippen LogP contribution in [0.5, 0.6) is 0 Å². The van der Waals surface area contributed by atoms with Crippen LogP contribution in [0.15, 0.2) is 24.4 Å². The highest BCUT2D eigenvalue weighted by molar-refractivity contribution is 6.29. The number of nitrogens with one attached hydrogen (secondary N) is 1. The molecule has 0 fully saturated rings. The third-order valence-electron chi connectivity index (χ3n) is 2.87. The summed E-state index contributed by atoms with van der Waals surface area (Å²) in [6.45, 7) is 1.97. The molecule has 0 amide bonds. The lowest BCUT2D eigenvalue weighted by molar-refractivity contribution is 0.528. The van der Waals surface area contributed by atoms with Gasteiger partial charge in [-0.1, -0.05) is 17.7 Å². The molecular formula is C12H16ClN5. The Hall–Kier alpha value is -1.43. The Bertz CT molecular complexity index is 520. The molecular weight excluding hydrogens is 250 g/mol. The van der Waals surface area contributed by atoms with E-state index in [1.165, 1.54) is 0 Å². The lowest BCUT2D eigenvalue weighted by atomic mass is 10.0. The van der Waals surface area contributed by atoms with E-state index in [9.17, 15) is 0 Å². The van der Waals surface area contributed by atoms with Crippen LogP contribution in [-0.4, -0.2) is 14.8 Å². The molecule has 6 heteroatoms. The maximum atomic E-state index is 5.77. The predicted molar refractivity (Wildman–Crippen MR) is 71.0 cm³/mol. The van der Waals surface area contributed by atoms with Crippen molar-refractivity contribution in [2.45, 2.75) is 19.4 Å². The minimum Gasteiger partial charge on any atom is -0.272 e. The number of nitrogens with zero attached hydrogens (tertiary/aromatic N) is 3. The maximum absolute atomic E-state index is 5.77. The van der Waals surface area contributed by atoms with Crippen LogP contribution in [0.2, 0.25) is 5.15 Å². The number of pyridine rings is 1. The molecule has 0 saturated heterocycles. The second kappa shape index (κ2) is 5.48. The summed E-state index contributed by atoms with van der Waals surface area (Å²) >= 11 is 5.77. The summed E-state index contributed by atoms with van der Waals surface area (Å²) in [7, 11) is 1.93. The van der Waals surface area contributed by atoms with Gasteiger partial charge in [-0.15, -0.1) is 0 Å². The SMILES string of the molecule is Cc1cc(CC(NN)c2ccc(Cl)nc2)n(C)n1. The van der Waals surface area contributed by atoms with Gasteiger partial charge in [-0.3, -0.25) is 16.0 Å². The van der Waals surface area contributed by atoms with Crippen molar-refractivity contribution in [3.05, 3.63) is 46.5 Å². The van der Waals surface area contributed by atoms with Gasteiger partial charge in [0.25, 0.3) is 0 Å². The molecule has 0 saturated carbocycles. The minimum absolute atomic E-state index is 0.00966. The van der Waals surface area contributed by atoms with E-state index in [4.69, 9.17) is 17.4 Å². The zero-order valence-electron chi connectivity index (χ0n) is 10.4. The Kier molecular flexibility index (Phi) is 3.96. The molecule has 2 aromatic heterocycles. The molecule has 96 valence electrons. The van der Waals surface area contributed by atoms with Crippen molar-refractivity contribution in [3.63, 3.8) is 0 Å². The van der Waals surface area contributed by atoms with Gasteiger partial charge in [0, 0.05) is 25.4 Å². The van der Waals surface area contributed by atoms with Crippen molar-refractivity contribution in [2.75, 3.05) is 0 Å². The average molecular weight is 266 g/mol. The fourth-order valence-corrected chi connectivity index (χ4v) is 2.04. The van der Waals surface area contributed by atoms with E-state index >= 15 is 0 Å². The topological polar surface area (TPSA) is 68.8 Å². The minimum atomic E-state index is -0.00966. The van der Waals surface area contributed by atoms with Crippen molar-refractivity contribution < 1.29 is 0 Å². The van der Waals surface area contributed by atoms with E-state index < -0.39 is 0 Å². The first kappa shape index (κ1) is 13.0. The normalized spacial score (nSPS) is 12.7. The molecule has 18 heavy (non-hydrogen) atoms. The van der Waals surface area contributed by atoms with E-state index in [1.807, 2.05) is 30.8 Å². The van der Waals surface area contributed by atoms with Gasteiger partial charge in [0.2, 0.25) is 0 Å². The summed E-state index contributed by atoms with van der Waals surface area (Å²) in [5.41, 5.74) is 5.91. The number of hydrogen-bond donors (Lipinski definition) is 2. The lowest BCUT2D eigenvalue weighted by Crippen LogP contribution is -2.30. The number of hydrazine groups is 1. The molecule has 0 radical (unpaired) electrons. The molecule has 5 nitrogen and oxygen atoms in total. The van der Waals surface area contributed by atoms with Gasteiger partial charge >= 0.3 is 0 Å².